The van der Waals surface area contributed by atoms with Gasteiger partial charge in [-0.15, -0.1) is 0 Å². The van der Waals surface area contributed by atoms with Gasteiger partial charge in [0.15, 0.2) is 0 Å². The zero-order valence-corrected chi connectivity index (χ0v) is 12.2. The summed E-state index contributed by atoms with van der Waals surface area (Å²) in [6.07, 6.45) is 3.67. The predicted molar refractivity (Wildman–Crippen MR) is 78.8 cm³/mol. The average molecular weight is 285 g/mol. The molecule has 1 atom stereocenters. The first-order valence-electron chi connectivity index (χ1n) is 6.75. The molecule has 106 valence electrons. The van der Waals surface area contributed by atoms with Crippen molar-refractivity contribution in [3.63, 3.8) is 0 Å². The zero-order valence-electron chi connectivity index (χ0n) is 11.5. The lowest BCUT2D eigenvalue weighted by Gasteiger charge is -2.17. The number of nitro groups is 1. The molecule has 1 rings (SSSR count). The molecule has 4 nitrogen and oxygen atoms in total. The molecule has 0 aliphatic rings. The van der Waals surface area contributed by atoms with Crippen LogP contribution in [0.25, 0.3) is 0 Å². The van der Waals surface area contributed by atoms with Crippen LogP contribution in [-0.4, -0.2) is 17.5 Å². The highest BCUT2D eigenvalue weighted by Gasteiger charge is 2.17. The first-order valence-corrected chi connectivity index (χ1v) is 7.13. The first kappa shape index (κ1) is 15.9. The van der Waals surface area contributed by atoms with Crippen molar-refractivity contribution in [2.45, 2.75) is 45.6 Å². The van der Waals surface area contributed by atoms with E-state index in [2.05, 4.69) is 19.2 Å². The Kier molecular flexibility index (Phi) is 6.81. The summed E-state index contributed by atoms with van der Waals surface area (Å²) in [6, 6.07) is 5.25. The fraction of sp³-hybridized carbons (Fsp3) is 0.571. The van der Waals surface area contributed by atoms with Crippen molar-refractivity contribution in [3.8, 4) is 0 Å². The van der Waals surface area contributed by atoms with Gasteiger partial charge >= 0.3 is 0 Å². The van der Waals surface area contributed by atoms with Gasteiger partial charge < -0.3 is 5.32 Å². The van der Waals surface area contributed by atoms with Crippen LogP contribution in [0.5, 0.6) is 0 Å². The maximum atomic E-state index is 11.0. The quantitative estimate of drug-likeness (QED) is 0.581. The van der Waals surface area contributed by atoms with Gasteiger partial charge in [-0.2, -0.15) is 0 Å². The molecule has 0 bridgehead atoms. The minimum absolute atomic E-state index is 0.124. The van der Waals surface area contributed by atoms with Gasteiger partial charge in [-0.1, -0.05) is 37.9 Å². The normalized spacial score (nSPS) is 12.4. The second-order valence-electron chi connectivity index (χ2n) is 4.58. The van der Waals surface area contributed by atoms with Crippen LogP contribution in [0.2, 0.25) is 5.02 Å². The number of hydrogen-bond acceptors (Lipinski definition) is 3. The zero-order chi connectivity index (χ0) is 14.3. The maximum absolute atomic E-state index is 11.0. The third kappa shape index (κ3) is 4.80. The Labute approximate surface area is 119 Å². The molecule has 19 heavy (non-hydrogen) atoms. The fourth-order valence-corrected chi connectivity index (χ4v) is 2.53. The largest absolute Gasteiger partial charge is 0.314 e. The van der Waals surface area contributed by atoms with E-state index in [-0.39, 0.29) is 10.6 Å². The van der Waals surface area contributed by atoms with Crippen LogP contribution in [0.3, 0.4) is 0 Å². The Bertz CT molecular complexity index is 418. The summed E-state index contributed by atoms with van der Waals surface area (Å²) in [5.41, 5.74) is 0.771. The van der Waals surface area contributed by atoms with Crippen LogP contribution in [0.15, 0.2) is 18.2 Å². The van der Waals surface area contributed by atoms with Crippen molar-refractivity contribution < 1.29 is 4.92 Å². The lowest BCUT2D eigenvalue weighted by Crippen LogP contribution is -2.29. The monoisotopic (exact) mass is 284 g/mol. The SMILES string of the molecule is CCCC(CCc1c(Cl)cccc1[N+](=O)[O-])NCC. The molecule has 1 N–H and O–H groups in total. The van der Waals surface area contributed by atoms with Crippen LogP contribution in [0, 0.1) is 10.1 Å². The Balaban J connectivity index is 2.78. The minimum atomic E-state index is -0.358. The lowest BCUT2D eigenvalue weighted by molar-refractivity contribution is -0.385. The number of nitrogens with zero attached hydrogens (tertiary/aromatic N) is 1. The van der Waals surface area contributed by atoms with Crippen molar-refractivity contribution >= 4 is 17.3 Å². The lowest BCUT2D eigenvalue weighted by atomic mass is 10.0. The second-order valence-corrected chi connectivity index (χ2v) is 4.98. The summed E-state index contributed by atoms with van der Waals surface area (Å²) in [6.45, 7) is 5.12. The molecular formula is C14H21ClN2O2. The van der Waals surface area contributed by atoms with Crippen LogP contribution < -0.4 is 5.32 Å². The van der Waals surface area contributed by atoms with Gasteiger partial charge in [0.05, 0.1) is 9.95 Å². The van der Waals surface area contributed by atoms with Crippen molar-refractivity contribution in [1.29, 1.82) is 0 Å². The van der Waals surface area contributed by atoms with Crippen molar-refractivity contribution in [2.24, 2.45) is 0 Å². The highest BCUT2D eigenvalue weighted by atomic mass is 35.5. The van der Waals surface area contributed by atoms with Crippen LogP contribution in [0.1, 0.15) is 38.7 Å². The fourth-order valence-electron chi connectivity index (χ4n) is 2.27. The van der Waals surface area contributed by atoms with Gasteiger partial charge in [0.25, 0.3) is 5.69 Å². The first-order chi connectivity index (χ1) is 9.10. The summed E-state index contributed by atoms with van der Waals surface area (Å²) >= 11 is 6.09. The van der Waals surface area contributed by atoms with Crippen LogP contribution in [-0.2, 0) is 6.42 Å². The topological polar surface area (TPSA) is 55.2 Å². The molecule has 0 aliphatic carbocycles. The van der Waals surface area contributed by atoms with Gasteiger partial charge in [0.2, 0.25) is 0 Å². The van der Waals surface area contributed by atoms with E-state index in [1.807, 2.05) is 0 Å². The van der Waals surface area contributed by atoms with Crippen LogP contribution >= 0.6 is 11.6 Å². The van der Waals surface area contributed by atoms with Gasteiger partial charge in [0.1, 0.15) is 0 Å². The Morgan fingerprint density at radius 1 is 1.37 bits per heavy atom. The molecule has 0 amide bonds. The van der Waals surface area contributed by atoms with Crippen LogP contribution in [0.4, 0.5) is 5.69 Å². The summed E-state index contributed by atoms with van der Waals surface area (Å²) in [7, 11) is 0. The Hall–Kier alpha value is -1.13. The molecule has 0 heterocycles. The third-order valence-corrected chi connectivity index (χ3v) is 3.52. The highest BCUT2D eigenvalue weighted by Crippen LogP contribution is 2.28. The molecule has 0 aromatic heterocycles. The summed E-state index contributed by atoms with van der Waals surface area (Å²) in [5.74, 6) is 0. The Morgan fingerprint density at radius 3 is 2.68 bits per heavy atom. The van der Waals surface area contributed by atoms with Gasteiger partial charge in [-0.25, -0.2) is 0 Å². The molecule has 0 spiro atoms. The summed E-state index contributed by atoms with van der Waals surface area (Å²) < 4.78 is 0. The van der Waals surface area contributed by atoms with Gasteiger partial charge in [-0.3, -0.25) is 10.1 Å². The van der Waals surface area contributed by atoms with E-state index in [1.54, 1.807) is 12.1 Å². The van der Waals surface area contributed by atoms with E-state index in [0.717, 1.165) is 25.8 Å². The molecule has 5 heteroatoms. The highest BCUT2D eigenvalue weighted by molar-refractivity contribution is 6.31. The second kappa shape index (κ2) is 8.12. The van der Waals surface area contributed by atoms with E-state index in [1.165, 1.54) is 6.07 Å². The van der Waals surface area contributed by atoms with Crippen molar-refractivity contribution in [2.75, 3.05) is 6.54 Å². The molecule has 0 aliphatic heterocycles. The predicted octanol–water partition coefficient (Wildman–Crippen LogP) is 3.96. The van der Waals surface area contributed by atoms with Gasteiger partial charge in [0, 0.05) is 17.7 Å². The van der Waals surface area contributed by atoms with E-state index >= 15 is 0 Å². The third-order valence-electron chi connectivity index (χ3n) is 3.16. The van der Waals surface area contributed by atoms with E-state index in [4.69, 9.17) is 11.6 Å². The number of benzene rings is 1. The number of rotatable bonds is 8. The molecular weight excluding hydrogens is 264 g/mol. The molecule has 0 fully saturated rings. The number of halogens is 1. The average Bonchev–Trinajstić information content (AvgIpc) is 2.37. The maximum Gasteiger partial charge on any atom is 0.274 e. The molecule has 1 aromatic rings. The smallest absolute Gasteiger partial charge is 0.274 e. The van der Waals surface area contributed by atoms with E-state index < -0.39 is 0 Å². The molecule has 0 saturated carbocycles. The van der Waals surface area contributed by atoms with E-state index in [0.29, 0.717) is 23.0 Å². The summed E-state index contributed by atoms with van der Waals surface area (Å²) in [4.78, 5) is 10.6. The molecule has 0 saturated heterocycles. The molecule has 1 unspecified atom stereocenters. The Morgan fingerprint density at radius 2 is 2.11 bits per heavy atom. The molecule has 1 aromatic carbocycles. The minimum Gasteiger partial charge on any atom is -0.314 e. The molecule has 0 radical (unpaired) electrons. The van der Waals surface area contributed by atoms with Crippen molar-refractivity contribution in [3.05, 3.63) is 38.9 Å². The van der Waals surface area contributed by atoms with E-state index in [9.17, 15) is 10.1 Å². The standard InChI is InChI=1S/C14H21ClN2O2/c1-3-6-11(16-4-2)9-10-12-13(15)7-5-8-14(12)17(18)19/h5,7-8,11,16H,3-4,6,9-10H2,1-2H3. The number of hydrogen-bond donors (Lipinski definition) is 1. The van der Waals surface area contributed by atoms with Gasteiger partial charge in [-0.05, 0) is 31.9 Å². The van der Waals surface area contributed by atoms with Crippen molar-refractivity contribution in [1.82, 2.24) is 5.32 Å². The summed E-state index contributed by atoms with van der Waals surface area (Å²) in [5, 5.41) is 14.9. The number of nitrogens with one attached hydrogen (secondary N) is 1. The number of nitro benzene ring substituents is 1.